The number of hydrogen-bond donors (Lipinski definition) is 2. The topological polar surface area (TPSA) is 80.6 Å². The van der Waals surface area contributed by atoms with Gasteiger partial charge in [-0.1, -0.05) is 13.8 Å². The molecule has 2 fully saturated rings. The van der Waals surface area contributed by atoms with Crippen molar-refractivity contribution in [3.8, 4) is 0 Å². The SMILES string of the molecule is CCOC(=O)c1cn(CC2(O)CCNCC2(C)C)c(=O)cc1C1CC1.Cl. The second-order valence-electron chi connectivity index (χ2n) is 7.95. The van der Waals surface area contributed by atoms with Gasteiger partial charge in [0.05, 0.1) is 24.3 Å². The molecule has 1 saturated carbocycles. The molecular formula is C19H29ClN2O4. The fraction of sp³-hybridized carbons (Fsp3) is 0.684. The molecule has 2 aliphatic rings. The standard InChI is InChI=1S/C19H28N2O4.ClH/c1-4-25-17(23)15-10-21(16(22)9-14(15)13-5-6-13)12-19(24)7-8-20-11-18(19,2)3;/h9-10,13,20,24H,4-8,11-12H2,1-3H3;1H. The van der Waals surface area contributed by atoms with E-state index in [0.717, 1.165) is 18.4 Å². The van der Waals surface area contributed by atoms with Gasteiger partial charge in [-0.25, -0.2) is 4.79 Å². The van der Waals surface area contributed by atoms with E-state index in [-0.39, 0.29) is 35.8 Å². The molecule has 2 N–H and O–H groups in total. The molecule has 26 heavy (non-hydrogen) atoms. The number of nitrogens with one attached hydrogen (secondary N) is 1. The minimum atomic E-state index is -1.00. The molecular weight excluding hydrogens is 356 g/mol. The minimum absolute atomic E-state index is 0. The summed E-state index contributed by atoms with van der Waals surface area (Å²) in [6.45, 7) is 7.63. The lowest BCUT2D eigenvalue weighted by Crippen LogP contribution is -2.58. The van der Waals surface area contributed by atoms with Crippen LogP contribution in [-0.2, 0) is 11.3 Å². The maximum absolute atomic E-state index is 12.6. The van der Waals surface area contributed by atoms with Gasteiger partial charge in [0, 0.05) is 24.2 Å². The smallest absolute Gasteiger partial charge is 0.339 e. The highest BCUT2D eigenvalue weighted by molar-refractivity contribution is 5.91. The van der Waals surface area contributed by atoms with E-state index in [4.69, 9.17) is 4.74 Å². The molecule has 0 bridgehead atoms. The Morgan fingerprint density at radius 1 is 1.42 bits per heavy atom. The van der Waals surface area contributed by atoms with Crippen molar-refractivity contribution in [3.05, 3.63) is 33.7 Å². The summed E-state index contributed by atoms with van der Waals surface area (Å²) in [5, 5.41) is 14.5. The highest BCUT2D eigenvalue weighted by atomic mass is 35.5. The lowest BCUT2D eigenvalue weighted by atomic mass is 9.70. The quantitative estimate of drug-likeness (QED) is 0.759. The summed E-state index contributed by atoms with van der Waals surface area (Å²) in [6.07, 6.45) is 4.15. The Kier molecular flexibility index (Phi) is 6.20. The summed E-state index contributed by atoms with van der Waals surface area (Å²) < 4.78 is 6.65. The van der Waals surface area contributed by atoms with Gasteiger partial charge in [-0.3, -0.25) is 4.79 Å². The predicted molar refractivity (Wildman–Crippen MR) is 102 cm³/mol. The average molecular weight is 385 g/mol. The number of aromatic nitrogens is 1. The Morgan fingerprint density at radius 2 is 2.12 bits per heavy atom. The van der Waals surface area contributed by atoms with E-state index in [1.807, 2.05) is 13.8 Å². The Hall–Kier alpha value is -1.37. The zero-order chi connectivity index (χ0) is 18.2. The molecule has 0 amide bonds. The van der Waals surface area contributed by atoms with Gasteiger partial charge in [0.2, 0.25) is 0 Å². The minimum Gasteiger partial charge on any atom is -0.462 e. The van der Waals surface area contributed by atoms with Crippen LogP contribution >= 0.6 is 12.4 Å². The van der Waals surface area contributed by atoms with Gasteiger partial charge in [-0.15, -0.1) is 12.4 Å². The van der Waals surface area contributed by atoms with Crippen molar-refractivity contribution in [3.63, 3.8) is 0 Å². The zero-order valence-corrected chi connectivity index (χ0v) is 16.5. The molecule has 0 radical (unpaired) electrons. The molecule has 1 aromatic heterocycles. The largest absolute Gasteiger partial charge is 0.462 e. The zero-order valence-electron chi connectivity index (χ0n) is 15.7. The number of pyridine rings is 1. The molecule has 3 rings (SSSR count). The highest BCUT2D eigenvalue weighted by Crippen LogP contribution is 2.41. The second-order valence-corrected chi connectivity index (χ2v) is 7.95. The average Bonchev–Trinajstić information content (AvgIpc) is 3.37. The maximum atomic E-state index is 12.6. The first-order valence-corrected chi connectivity index (χ1v) is 9.12. The summed E-state index contributed by atoms with van der Waals surface area (Å²) in [4.78, 5) is 25.0. The second kappa shape index (κ2) is 7.71. The van der Waals surface area contributed by atoms with Crippen LogP contribution in [0.15, 0.2) is 17.1 Å². The molecule has 1 aliphatic carbocycles. The summed E-state index contributed by atoms with van der Waals surface area (Å²) in [6, 6.07) is 1.56. The number of aliphatic hydroxyl groups is 1. The number of ether oxygens (including phenoxy) is 1. The number of hydrogen-bond acceptors (Lipinski definition) is 5. The van der Waals surface area contributed by atoms with Crippen LogP contribution in [0.5, 0.6) is 0 Å². The van der Waals surface area contributed by atoms with Gasteiger partial charge in [0.25, 0.3) is 5.56 Å². The van der Waals surface area contributed by atoms with E-state index >= 15 is 0 Å². The Bertz CT molecular complexity index is 727. The number of nitrogens with zero attached hydrogens (tertiary/aromatic N) is 1. The number of carbonyl (C=O) groups is 1. The van der Waals surface area contributed by atoms with E-state index in [9.17, 15) is 14.7 Å². The normalized spacial score (nSPS) is 24.6. The molecule has 7 heteroatoms. The van der Waals surface area contributed by atoms with Crippen molar-refractivity contribution in [2.45, 2.75) is 58.1 Å². The lowest BCUT2D eigenvalue weighted by Gasteiger charge is -2.47. The monoisotopic (exact) mass is 384 g/mol. The molecule has 1 aliphatic heterocycles. The van der Waals surface area contributed by atoms with Crippen molar-refractivity contribution in [2.24, 2.45) is 5.41 Å². The highest BCUT2D eigenvalue weighted by Gasteiger charge is 2.45. The summed E-state index contributed by atoms with van der Waals surface area (Å²) >= 11 is 0. The predicted octanol–water partition coefficient (Wildman–Crippen LogP) is 2.07. The first kappa shape index (κ1) is 20.9. The van der Waals surface area contributed by atoms with Crippen LogP contribution in [0.1, 0.15) is 61.9 Å². The van der Waals surface area contributed by atoms with Gasteiger partial charge in [-0.05, 0) is 44.2 Å². The molecule has 1 aromatic rings. The summed E-state index contributed by atoms with van der Waals surface area (Å²) in [5.41, 5.74) is -0.299. The number of piperidine rings is 1. The Labute approximate surface area is 160 Å². The molecule has 146 valence electrons. The Balaban J connectivity index is 0.00000243. The van der Waals surface area contributed by atoms with Gasteiger partial charge in [0.1, 0.15) is 0 Å². The van der Waals surface area contributed by atoms with Gasteiger partial charge < -0.3 is 19.7 Å². The maximum Gasteiger partial charge on any atom is 0.339 e. The molecule has 1 unspecified atom stereocenters. The van der Waals surface area contributed by atoms with Crippen LogP contribution < -0.4 is 10.9 Å². The van der Waals surface area contributed by atoms with Crippen molar-refractivity contribution < 1.29 is 14.6 Å². The van der Waals surface area contributed by atoms with Crippen molar-refractivity contribution in [1.82, 2.24) is 9.88 Å². The molecule has 6 nitrogen and oxygen atoms in total. The number of rotatable bonds is 5. The van der Waals surface area contributed by atoms with Crippen LogP contribution in [0.2, 0.25) is 0 Å². The van der Waals surface area contributed by atoms with Crippen molar-refractivity contribution in [1.29, 1.82) is 0 Å². The van der Waals surface area contributed by atoms with E-state index in [2.05, 4.69) is 5.32 Å². The van der Waals surface area contributed by atoms with Crippen LogP contribution in [0, 0.1) is 5.41 Å². The van der Waals surface area contributed by atoms with Crippen LogP contribution in [0.4, 0.5) is 0 Å². The first-order chi connectivity index (χ1) is 11.8. The van der Waals surface area contributed by atoms with E-state index in [0.29, 0.717) is 31.7 Å². The van der Waals surface area contributed by atoms with Crippen LogP contribution in [0.3, 0.4) is 0 Å². The fourth-order valence-electron chi connectivity index (χ4n) is 3.60. The van der Waals surface area contributed by atoms with Gasteiger partial charge in [0.15, 0.2) is 0 Å². The third-order valence-electron chi connectivity index (χ3n) is 5.64. The molecule has 1 saturated heterocycles. The van der Waals surface area contributed by atoms with Gasteiger partial charge in [-0.2, -0.15) is 0 Å². The number of carbonyl (C=O) groups excluding carboxylic acids is 1. The lowest BCUT2D eigenvalue weighted by molar-refractivity contribution is -0.0998. The summed E-state index contributed by atoms with van der Waals surface area (Å²) in [7, 11) is 0. The third kappa shape index (κ3) is 3.97. The van der Waals surface area contributed by atoms with E-state index in [1.165, 1.54) is 4.57 Å². The van der Waals surface area contributed by atoms with Crippen LogP contribution in [-0.4, -0.2) is 40.9 Å². The molecule has 0 aromatic carbocycles. The van der Waals surface area contributed by atoms with E-state index in [1.54, 1.807) is 19.2 Å². The fourth-order valence-corrected chi connectivity index (χ4v) is 3.60. The third-order valence-corrected chi connectivity index (χ3v) is 5.64. The van der Waals surface area contributed by atoms with Crippen molar-refractivity contribution >= 4 is 18.4 Å². The number of esters is 1. The Morgan fingerprint density at radius 3 is 2.69 bits per heavy atom. The molecule has 1 atom stereocenters. The van der Waals surface area contributed by atoms with Crippen molar-refractivity contribution in [2.75, 3.05) is 19.7 Å². The molecule has 2 heterocycles. The van der Waals surface area contributed by atoms with Gasteiger partial charge >= 0.3 is 5.97 Å². The van der Waals surface area contributed by atoms with Crippen LogP contribution in [0.25, 0.3) is 0 Å². The van der Waals surface area contributed by atoms with E-state index < -0.39 is 11.6 Å². The number of halogens is 1. The first-order valence-electron chi connectivity index (χ1n) is 9.12. The molecule has 0 spiro atoms. The summed E-state index contributed by atoms with van der Waals surface area (Å²) in [5.74, 6) is -0.116.